The Kier molecular flexibility index (Phi) is 4.44. The topological polar surface area (TPSA) is 72.5 Å². The molecule has 1 aromatic heterocycles. The van der Waals surface area contributed by atoms with Gasteiger partial charge in [-0.1, -0.05) is 0 Å². The predicted octanol–water partition coefficient (Wildman–Crippen LogP) is 2.48. The molecule has 25 heavy (non-hydrogen) atoms. The Hall–Kier alpha value is -2.34. The molecule has 2 fully saturated rings. The van der Waals surface area contributed by atoms with Crippen molar-refractivity contribution in [2.75, 3.05) is 26.2 Å². The molecule has 2 aliphatic heterocycles. The van der Waals surface area contributed by atoms with Crippen molar-refractivity contribution in [2.45, 2.75) is 31.7 Å². The van der Waals surface area contributed by atoms with Gasteiger partial charge in [-0.05, 0) is 69.1 Å². The third-order valence-electron chi connectivity index (χ3n) is 5.31. The van der Waals surface area contributed by atoms with Crippen LogP contribution < -0.4 is 0 Å². The van der Waals surface area contributed by atoms with Crippen LogP contribution in [0.1, 0.15) is 36.2 Å². The van der Waals surface area contributed by atoms with Crippen LogP contribution in [0.2, 0.25) is 0 Å². The molecule has 0 bridgehead atoms. The maximum Gasteiger partial charge on any atom is 0.271 e. The number of hydrogen-bond acceptors (Lipinski definition) is 4. The summed E-state index contributed by atoms with van der Waals surface area (Å²) >= 11 is 0. The number of phenols is 1. The quantitative estimate of drug-likeness (QED) is 0.900. The highest BCUT2D eigenvalue weighted by Gasteiger charge is 2.30. The van der Waals surface area contributed by atoms with Gasteiger partial charge in [0.2, 0.25) is 0 Å². The van der Waals surface area contributed by atoms with Crippen LogP contribution in [-0.2, 0) is 0 Å². The van der Waals surface area contributed by atoms with Crippen molar-refractivity contribution < 1.29 is 9.90 Å². The zero-order valence-electron chi connectivity index (χ0n) is 14.3. The molecule has 132 valence electrons. The number of hydrogen-bond donors (Lipinski definition) is 2. The zero-order chi connectivity index (χ0) is 17.2. The summed E-state index contributed by atoms with van der Waals surface area (Å²) < 4.78 is 0. The molecular weight excluding hydrogens is 316 g/mol. The van der Waals surface area contributed by atoms with Crippen molar-refractivity contribution >= 4 is 5.91 Å². The van der Waals surface area contributed by atoms with E-state index in [0.717, 1.165) is 30.8 Å². The second-order valence-corrected chi connectivity index (χ2v) is 7.00. The van der Waals surface area contributed by atoms with Crippen LogP contribution in [0.25, 0.3) is 11.3 Å². The van der Waals surface area contributed by atoms with E-state index in [2.05, 4.69) is 15.1 Å². The van der Waals surface area contributed by atoms with E-state index in [4.69, 9.17) is 0 Å². The molecule has 0 spiro atoms. The number of amides is 1. The van der Waals surface area contributed by atoms with Crippen LogP contribution in [0, 0.1) is 0 Å². The van der Waals surface area contributed by atoms with Crippen molar-refractivity contribution in [3.05, 3.63) is 36.0 Å². The van der Waals surface area contributed by atoms with E-state index in [1.807, 2.05) is 4.90 Å². The summed E-state index contributed by atoms with van der Waals surface area (Å²) in [5.74, 6) is 0.248. The molecule has 2 N–H and O–H groups in total. The Labute approximate surface area is 147 Å². The first-order valence-corrected chi connectivity index (χ1v) is 9.09. The SMILES string of the molecule is O=C(c1cc(-c2ccc(O)cc2)n[nH]1)N1CCCC(N2CCCC2)C1. The van der Waals surface area contributed by atoms with E-state index < -0.39 is 0 Å². The van der Waals surface area contributed by atoms with E-state index in [0.29, 0.717) is 11.7 Å². The third-order valence-corrected chi connectivity index (χ3v) is 5.31. The fraction of sp³-hybridized carbons (Fsp3) is 0.474. The molecule has 1 unspecified atom stereocenters. The van der Waals surface area contributed by atoms with E-state index in [1.165, 1.54) is 32.4 Å². The molecule has 6 heteroatoms. The fourth-order valence-electron chi connectivity index (χ4n) is 3.93. The van der Waals surface area contributed by atoms with Gasteiger partial charge in [-0.2, -0.15) is 5.10 Å². The van der Waals surface area contributed by atoms with Gasteiger partial charge in [-0.25, -0.2) is 0 Å². The standard InChI is InChI=1S/C19H24N4O2/c24-16-7-5-14(6-8-16)17-12-18(21-20-17)19(25)23-11-3-4-15(13-23)22-9-1-2-10-22/h5-8,12,15,24H,1-4,9-11,13H2,(H,20,21). The Bertz CT molecular complexity index is 734. The average molecular weight is 340 g/mol. The lowest BCUT2D eigenvalue weighted by atomic mass is 10.0. The van der Waals surface area contributed by atoms with Crippen molar-refractivity contribution in [3.63, 3.8) is 0 Å². The summed E-state index contributed by atoms with van der Waals surface area (Å²) in [6.45, 7) is 3.96. The highest BCUT2D eigenvalue weighted by atomic mass is 16.3. The first-order chi connectivity index (χ1) is 12.2. The van der Waals surface area contributed by atoms with E-state index in [9.17, 15) is 9.90 Å². The third kappa shape index (κ3) is 3.39. The predicted molar refractivity (Wildman–Crippen MR) is 95.4 cm³/mol. The van der Waals surface area contributed by atoms with Crippen LogP contribution >= 0.6 is 0 Å². The van der Waals surface area contributed by atoms with Gasteiger partial charge in [0, 0.05) is 24.7 Å². The zero-order valence-corrected chi connectivity index (χ0v) is 14.3. The van der Waals surface area contributed by atoms with E-state index in [-0.39, 0.29) is 11.7 Å². The van der Waals surface area contributed by atoms with Gasteiger partial charge in [0.1, 0.15) is 11.4 Å². The van der Waals surface area contributed by atoms with Gasteiger partial charge in [-0.3, -0.25) is 14.8 Å². The number of likely N-dealkylation sites (tertiary alicyclic amines) is 2. The highest BCUT2D eigenvalue weighted by molar-refractivity contribution is 5.93. The molecule has 3 heterocycles. The first-order valence-electron chi connectivity index (χ1n) is 9.09. The number of carbonyl (C=O) groups is 1. The Morgan fingerprint density at radius 2 is 1.88 bits per heavy atom. The van der Waals surface area contributed by atoms with Crippen LogP contribution in [0.15, 0.2) is 30.3 Å². The van der Waals surface area contributed by atoms with Crippen LogP contribution in [0.5, 0.6) is 5.75 Å². The maximum atomic E-state index is 12.9. The minimum Gasteiger partial charge on any atom is -0.508 e. The summed E-state index contributed by atoms with van der Waals surface area (Å²) in [6.07, 6.45) is 4.80. The van der Waals surface area contributed by atoms with Gasteiger partial charge in [0.15, 0.2) is 0 Å². The van der Waals surface area contributed by atoms with Crippen LogP contribution in [0.3, 0.4) is 0 Å². The minimum atomic E-state index is 0.0291. The van der Waals surface area contributed by atoms with E-state index in [1.54, 1.807) is 30.3 Å². The molecule has 2 aromatic rings. The average Bonchev–Trinajstić information content (AvgIpc) is 3.34. The summed E-state index contributed by atoms with van der Waals surface area (Å²) in [5.41, 5.74) is 2.13. The van der Waals surface area contributed by atoms with E-state index >= 15 is 0 Å². The highest BCUT2D eigenvalue weighted by Crippen LogP contribution is 2.24. The number of H-pyrrole nitrogens is 1. The number of rotatable bonds is 3. The van der Waals surface area contributed by atoms with Gasteiger partial charge in [-0.15, -0.1) is 0 Å². The van der Waals surface area contributed by atoms with Gasteiger partial charge in [0.25, 0.3) is 5.91 Å². The monoisotopic (exact) mass is 340 g/mol. The number of aromatic nitrogens is 2. The number of piperidine rings is 1. The number of carbonyl (C=O) groups excluding carboxylic acids is 1. The molecule has 0 aliphatic carbocycles. The molecule has 1 aromatic carbocycles. The molecule has 0 saturated carbocycles. The molecule has 4 rings (SSSR count). The van der Waals surface area contributed by atoms with Gasteiger partial charge >= 0.3 is 0 Å². The number of benzene rings is 1. The second-order valence-electron chi connectivity index (χ2n) is 7.00. The summed E-state index contributed by atoms with van der Waals surface area (Å²) in [5, 5.41) is 16.5. The molecule has 2 aliphatic rings. The van der Waals surface area contributed by atoms with Gasteiger partial charge in [0.05, 0.1) is 5.69 Å². The molecular formula is C19H24N4O2. The normalized spacial score (nSPS) is 21.6. The number of phenolic OH excluding ortho intramolecular Hbond substituents is 1. The van der Waals surface area contributed by atoms with Crippen LogP contribution in [0.4, 0.5) is 0 Å². The molecule has 2 saturated heterocycles. The van der Waals surface area contributed by atoms with Crippen molar-refractivity contribution in [2.24, 2.45) is 0 Å². The largest absolute Gasteiger partial charge is 0.508 e. The number of nitrogens with zero attached hydrogens (tertiary/aromatic N) is 3. The lowest BCUT2D eigenvalue weighted by molar-refractivity contribution is 0.0602. The lowest BCUT2D eigenvalue weighted by Crippen LogP contribution is -2.49. The van der Waals surface area contributed by atoms with Crippen molar-refractivity contribution in [1.29, 1.82) is 0 Å². The Morgan fingerprint density at radius 1 is 1.12 bits per heavy atom. The smallest absolute Gasteiger partial charge is 0.271 e. The number of aromatic amines is 1. The Morgan fingerprint density at radius 3 is 2.64 bits per heavy atom. The summed E-state index contributed by atoms with van der Waals surface area (Å²) in [4.78, 5) is 17.3. The van der Waals surface area contributed by atoms with Gasteiger partial charge < -0.3 is 10.0 Å². The minimum absolute atomic E-state index is 0.0291. The maximum absolute atomic E-state index is 12.9. The lowest BCUT2D eigenvalue weighted by Gasteiger charge is -2.37. The van der Waals surface area contributed by atoms with Crippen LogP contribution in [-0.4, -0.2) is 63.2 Å². The summed E-state index contributed by atoms with van der Waals surface area (Å²) in [7, 11) is 0. The number of aromatic hydroxyl groups is 1. The van der Waals surface area contributed by atoms with Crippen molar-refractivity contribution in [3.8, 4) is 17.0 Å². The molecule has 6 nitrogen and oxygen atoms in total. The Balaban J connectivity index is 1.46. The molecule has 0 radical (unpaired) electrons. The van der Waals surface area contributed by atoms with Crippen molar-refractivity contribution in [1.82, 2.24) is 20.0 Å². The first kappa shape index (κ1) is 16.1. The molecule has 1 atom stereocenters. The summed E-state index contributed by atoms with van der Waals surface area (Å²) in [6, 6.07) is 9.13. The fourth-order valence-corrected chi connectivity index (χ4v) is 3.93. The number of nitrogens with one attached hydrogen (secondary N) is 1. The molecule has 1 amide bonds. The second kappa shape index (κ2) is 6.88.